The van der Waals surface area contributed by atoms with Gasteiger partial charge in [-0.15, -0.1) is 0 Å². The van der Waals surface area contributed by atoms with E-state index in [2.05, 4.69) is 15.6 Å². The Hall–Kier alpha value is -2.65. The van der Waals surface area contributed by atoms with Gasteiger partial charge >= 0.3 is 0 Å². The molecule has 0 radical (unpaired) electrons. The maximum atomic E-state index is 12.5. The van der Waals surface area contributed by atoms with Crippen LogP contribution >= 0.6 is 0 Å². The van der Waals surface area contributed by atoms with Crippen LogP contribution in [-0.4, -0.2) is 57.3 Å². The van der Waals surface area contributed by atoms with E-state index in [9.17, 15) is 9.59 Å². The molecule has 0 bridgehead atoms. The van der Waals surface area contributed by atoms with Crippen molar-refractivity contribution in [3.8, 4) is 0 Å². The van der Waals surface area contributed by atoms with Crippen molar-refractivity contribution in [1.82, 2.24) is 10.6 Å². The normalized spacial score (nSPS) is 11.7. The van der Waals surface area contributed by atoms with E-state index < -0.39 is 6.04 Å². The topological polar surface area (TPSA) is 141 Å². The number of rotatable bonds is 12. The van der Waals surface area contributed by atoms with Gasteiger partial charge in [-0.05, 0) is 36.6 Å². The molecule has 0 aliphatic rings. The summed E-state index contributed by atoms with van der Waals surface area (Å²) in [7, 11) is 1.60. The lowest BCUT2D eigenvalue weighted by atomic mass is 10.0. The van der Waals surface area contributed by atoms with Crippen molar-refractivity contribution in [2.45, 2.75) is 26.3 Å². The molecule has 1 unspecified atom stereocenters. The third kappa shape index (κ3) is 9.33. The molecular weight excluding hydrogens is 362 g/mol. The van der Waals surface area contributed by atoms with Crippen molar-refractivity contribution in [2.24, 2.45) is 22.4 Å². The number of ether oxygens (including phenoxy) is 2. The minimum absolute atomic E-state index is 0.0583. The maximum Gasteiger partial charge on any atom is 0.251 e. The number of benzene rings is 1. The second-order valence-corrected chi connectivity index (χ2v) is 6.64. The number of nitrogens with one attached hydrogen (secondary N) is 2. The molecule has 0 aliphatic heterocycles. The Bertz CT molecular complexity index is 642. The summed E-state index contributed by atoms with van der Waals surface area (Å²) in [5, 5.41) is 5.58. The zero-order valence-corrected chi connectivity index (χ0v) is 16.7. The lowest BCUT2D eigenvalue weighted by Gasteiger charge is -2.20. The predicted octanol–water partition coefficient (Wildman–Crippen LogP) is 0.515. The third-order valence-electron chi connectivity index (χ3n) is 3.69. The van der Waals surface area contributed by atoms with Crippen molar-refractivity contribution < 1.29 is 19.1 Å². The molecule has 156 valence electrons. The van der Waals surface area contributed by atoms with E-state index in [1.54, 1.807) is 31.4 Å². The molecule has 1 aromatic carbocycles. The fourth-order valence-electron chi connectivity index (χ4n) is 2.39. The van der Waals surface area contributed by atoms with Crippen molar-refractivity contribution in [3.63, 3.8) is 0 Å². The molecule has 9 nitrogen and oxygen atoms in total. The summed E-state index contributed by atoms with van der Waals surface area (Å²) in [6.45, 7) is 5.69. The number of aliphatic imine (C=N–C) groups is 1. The highest BCUT2D eigenvalue weighted by Crippen LogP contribution is 2.13. The number of hydrogen-bond donors (Lipinski definition) is 4. The first-order valence-electron chi connectivity index (χ1n) is 9.18. The first-order valence-corrected chi connectivity index (χ1v) is 9.18. The number of hydrogen-bond acceptors (Lipinski definition) is 5. The highest BCUT2D eigenvalue weighted by Gasteiger charge is 2.22. The van der Waals surface area contributed by atoms with Gasteiger partial charge in [0.2, 0.25) is 5.91 Å². The predicted molar refractivity (Wildman–Crippen MR) is 108 cm³/mol. The van der Waals surface area contributed by atoms with Gasteiger partial charge in [0.25, 0.3) is 5.91 Å². The second kappa shape index (κ2) is 12.7. The minimum atomic E-state index is -0.635. The molecule has 0 heterocycles. The molecule has 0 saturated carbocycles. The average molecular weight is 393 g/mol. The van der Waals surface area contributed by atoms with Crippen LogP contribution in [0.3, 0.4) is 0 Å². The highest BCUT2D eigenvalue weighted by atomic mass is 16.5. The van der Waals surface area contributed by atoms with Crippen LogP contribution < -0.4 is 22.1 Å². The van der Waals surface area contributed by atoms with E-state index in [1.807, 2.05) is 13.8 Å². The smallest absolute Gasteiger partial charge is 0.251 e. The van der Waals surface area contributed by atoms with Gasteiger partial charge in [-0.25, -0.2) is 4.99 Å². The number of nitrogens with two attached hydrogens (primary N) is 2. The standard InChI is InChI=1S/C19H31N5O4/c1-13(2)12-16(18(26)22-8-9-28-11-10-27-3)24-17(25)14-4-6-15(7-5-14)23-19(20)21/h4-7,13,16H,8-12H2,1-3H3,(H,22,26)(H,24,25)(H4,20,21,23). The Balaban J connectivity index is 2.62. The molecule has 2 amide bonds. The number of guanidine groups is 1. The van der Waals surface area contributed by atoms with E-state index >= 15 is 0 Å². The Labute approximate surface area is 165 Å². The lowest BCUT2D eigenvalue weighted by Crippen LogP contribution is -2.48. The van der Waals surface area contributed by atoms with Gasteiger partial charge in [-0.1, -0.05) is 13.8 Å². The molecular formula is C19H31N5O4. The van der Waals surface area contributed by atoms with Gasteiger partial charge in [0.15, 0.2) is 5.96 Å². The summed E-state index contributed by atoms with van der Waals surface area (Å²) in [4.78, 5) is 28.9. The molecule has 1 atom stereocenters. The summed E-state index contributed by atoms with van der Waals surface area (Å²) in [6, 6.07) is 5.83. The first kappa shape index (κ1) is 23.4. The van der Waals surface area contributed by atoms with Crippen LogP contribution in [0.2, 0.25) is 0 Å². The molecule has 0 fully saturated rings. The van der Waals surface area contributed by atoms with Gasteiger partial charge in [-0.2, -0.15) is 0 Å². The van der Waals surface area contributed by atoms with Gasteiger partial charge in [0.1, 0.15) is 6.04 Å². The monoisotopic (exact) mass is 393 g/mol. The zero-order chi connectivity index (χ0) is 20.9. The minimum Gasteiger partial charge on any atom is -0.382 e. The third-order valence-corrected chi connectivity index (χ3v) is 3.69. The molecule has 0 aromatic heterocycles. The zero-order valence-electron chi connectivity index (χ0n) is 16.7. The summed E-state index contributed by atoms with van der Waals surface area (Å²) in [6.07, 6.45) is 0.522. The fourth-order valence-corrected chi connectivity index (χ4v) is 2.39. The van der Waals surface area contributed by atoms with E-state index in [4.69, 9.17) is 20.9 Å². The lowest BCUT2D eigenvalue weighted by molar-refractivity contribution is -0.123. The number of carbonyl (C=O) groups is 2. The van der Waals surface area contributed by atoms with Gasteiger partial charge in [-0.3, -0.25) is 9.59 Å². The van der Waals surface area contributed by atoms with Crippen LogP contribution in [-0.2, 0) is 14.3 Å². The van der Waals surface area contributed by atoms with Crippen LogP contribution in [0.4, 0.5) is 5.69 Å². The van der Waals surface area contributed by atoms with Crippen molar-refractivity contribution in [2.75, 3.05) is 33.5 Å². The van der Waals surface area contributed by atoms with Gasteiger partial charge in [0, 0.05) is 19.2 Å². The Morgan fingerprint density at radius 3 is 2.36 bits per heavy atom. The molecule has 0 saturated heterocycles. The number of carbonyl (C=O) groups excluding carboxylic acids is 2. The first-order chi connectivity index (χ1) is 13.3. The SMILES string of the molecule is COCCOCCNC(=O)C(CC(C)C)NC(=O)c1ccc(N=C(N)N)cc1. The molecule has 6 N–H and O–H groups in total. The van der Waals surface area contributed by atoms with E-state index in [1.165, 1.54) is 0 Å². The summed E-state index contributed by atoms with van der Waals surface area (Å²) >= 11 is 0. The Morgan fingerprint density at radius 2 is 1.79 bits per heavy atom. The van der Waals surface area contributed by atoms with Crippen molar-refractivity contribution in [3.05, 3.63) is 29.8 Å². The van der Waals surface area contributed by atoms with Crippen molar-refractivity contribution >= 4 is 23.5 Å². The summed E-state index contributed by atoms with van der Waals surface area (Å²) < 4.78 is 10.2. The van der Waals surface area contributed by atoms with Gasteiger partial charge in [0.05, 0.1) is 25.5 Å². The van der Waals surface area contributed by atoms with Crippen LogP contribution in [0.25, 0.3) is 0 Å². The van der Waals surface area contributed by atoms with E-state index in [-0.39, 0.29) is 23.7 Å². The van der Waals surface area contributed by atoms with Crippen LogP contribution in [0, 0.1) is 5.92 Å². The largest absolute Gasteiger partial charge is 0.382 e. The second-order valence-electron chi connectivity index (χ2n) is 6.64. The van der Waals surface area contributed by atoms with Crippen LogP contribution in [0.15, 0.2) is 29.3 Å². The Morgan fingerprint density at radius 1 is 1.11 bits per heavy atom. The summed E-state index contributed by atoms with van der Waals surface area (Å²) in [5.41, 5.74) is 11.6. The van der Waals surface area contributed by atoms with Crippen LogP contribution in [0.1, 0.15) is 30.6 Å². The quantitative estimate of drug-likeness (QED) is 0.232. The van der Waals surface area contributed by atoms with Crippen LogP contribution in [0.5, 0.6) is 0 Å². The van der Waals surface area contributed by atoms with E-state index in [0.717, 1.165) is 0 Å². The number of methoxy groups -OCH3 is 1. The molecule has 0 aliphatic carbocycles. The fraction of sp³-hybridized carbons (Fsp3) is 0.526. The Kier molecular flexibility index (Phi) is 10.6. The molecule has 1 aromatic rings. The van der Waals surface area contributed by atoms with Crippen molar-refractivity contribution in [1.29, 1.82) is 0 Å². The molecule has 28 heavy (non-hydrogen) atoms. The maximum absolute atomic E-state index is 12.5. The van der Waals surface area contributed by atoms with E-state index in [0.29, 0.717) is 44.0 Å². The average Bonchev–Trinajstić information content (AvgIpc) is 2.63. The highest BCUT2D eigenvalue weighted by molar-refractivity contribution is 5.97. The molecule has 1 rings (SSSR count). The molecule has 9 heteroatoms. The molecule has 0 spiro atoms. The summed E-state index contributed by atoms with van der Waals surface area (Å²) in [5.74, 6) is -0.404. The van der Waals surface area contributed by atoms with Gasteiger partial charge < -0.3 is 31.6 Å². The number of nitrogens with zero attached hydrogens (tertiary/aromatic N) is 1. The number of amides is 2.